The molecule has 9 nitrogen and oxygen atoms in total. The minimum Gasteiger partial charge on any atom is -0.444 e. The van der Waals surface area contributed by atoms with E-state index >= 15 is 0 Å². The van der Waals surface area contributed by atoms with Crippen LogP contribution in [0.5, 0.6) is 0 Å². The molecule has 1 aliphatic rings. The van der Waals surface area contributed by atoms with Crippen molar-refractivity contribution >= 4 is 46.4 Å². The van der Waals surface area contributed by atoms with Gasteiger partial charge in [0.25, 0.3) is 0 Å². The number of carbonyl (C=O) groups is 4. The Balaban J connectivity index is 2.17. The number of ether oxygens (including phenoxy) is 1. The Kier molecular flexibility index (Phi) is 8.44. The number of nitrogens with zero attached hydrogens (tertiary/aromatic N) is 1. The van der Waals surface area contributed by atoms with Crippen molar-refractivity contribution in [2.24, 2.45) is 0 Å². The van der Waals surface area contributed by atoms with Crippen LogP contribution in [-0.2, 0) is 25.5 Å². The van der Waals surface area contributed by atoms with Crippen molar-refractivity contribution in [3.8, 4) is 0 Å². The van der Waals surface area contributed by atoms with Crippen LogP contribution >= 0.6 is 22.6 Å². The maximum Gasteiger partial charge on any atom is 0.411 e. The first-order chi connectivity index (χ1) is 14.0. The average Bonchev–Trinajstić information content (AvgIpc) is 2.63. The van der Waals surface area contributed by atoms with E-state index in [1.165, 1.54) is 0 Å². The van der Waals surface area contributed by atoms with Crippen molar-refractivity contribution in [3.05, 3.63) is 33.4 Å². The van der Waals surface area contributed by atoms with Gasteiger partial charge >= 0.3 is 6.09 Å². The molecule has 1 fully saturated rings. The molecular weight excluding hydrogens is 503 g/mol. The zero-order valence-electron chi connectivity index (χ0n) is 17.3. The Hall–Kier alpha value is -2.37. The van der Waals surface area contributed by atoms with E-state index < -0.39 is 36.1 Å². The highest BCUT2D eigenvalue weighted by Gasteiger charge is 2.28. The summed E-state index contributed by atoms with van der Waals surface area (Å²) in [5, 5.41) is 8.01. The third-order valence-electron chi connectivity index (χ3n) is 4.07. The summed E-state index contributed by atoms with van der Waals surface area (Å²) in [6, 6.07) is 6.82. The van der Waals surface area contributed by atoms with Crippen molar-refractivity contribution in [3.63, 3.8) is 0 Å². The van der Waals surface area contributed by atoms with Crippen molar-refractivity contribution in [1.82, 2.24) is 20.9 Å². The van der Waals surface area contributed by atoms with Gasteiger partial charge in [-0.05, 0) is 61.1 Å². The highest BCUT2D eigenvalue weighted by Crippen LogP contribution is 2.11. The van der Waals surface area contributed by atoms with Crippen LogP contribution in [-0.4, -0.2) is 66.5 Å². The number of carbonyl (C=O) groups excluding carboxylic acids is 4. The van der Waals surface area contributed by atoms with Crippen LogP contribution < -0.4 is 16.0 Å². The van der Waals surface area contributed by atoms with E-state index in [9.17, 15) is 19.2 Å². The van der Waals surface area contributed by atoms with Gasteiger partial charge in [-0.2, -0.15) is 0 Å². The largest absolute Gasteiger partial charge is 0.444 e. The lowest BCUT2D eigenvalue weighted by Crippen LogP contribution is -2.54. The van der Waals surface area contributed by atoms with Gasteiger partial charge in [0.05, 0.1) is 0 Å². The molecule has 0 aliphatic carbocycles. The van der Waals surface area contributed by atoms with Gasteiger partial charge in [0.2, 0.25) is 17.7 Å². The van der Waals surface area contributed by atoms with Gasteiger partial charge in [-0.25, -0.2) is 4.79 Å². The molecular formula is C20H27IN4O5. The second-order valence-corrected chi connectivity index (χ2v) is 9.17. The molecule has 3 N–H and O–H groups in total. The molecule has 0 bridgehead atoms. The lowest BCUT2D eigenvalue weighted by atomic mass is 10.1. The summed E-state index contributed by atoms with van der Waals surface area (Å²) in [5.41, 5.74) is 0.112. The lowest BCUT2D eigenvalue weighted by Gasteiger charge is -2.28. The fourth-order valence-electron chi connectivity index (χ4n) is 2.73. The molecule has 1 aromatic carbocycles. The van der Waals surface area contributed by atoms with E-state index in [-0.39, 0.29) is 25.5 Å². The minimum absolute atomic E-state index is 0.204. The lowest BCUT2D eigenvalue weighted by molar-refractivity contribution is -0.130. The van der Waals surface area contributed by atoms with Gasteiger partial charge in [-0.1, -0.05) is 12.1 Å². The molecule has 30 heavy (non-hydrogen) atoms. The van der Waals surface area contributed by atoms with E-state index in [0.717, 1.165) is 14.0 Å². The Labute approximate surface area is 189 Å². The first kappa shape index (κ1) is 23.9. The SMILES string of the molecule is CC(C)(C)OC(=O)N1CC(=O)NCCNC(=O)[C@H](Cc2ccc(I)cc2)NC(=O)C1. The van der Waals surface area contributed by atoms with Crippen molar-refractivity contribution in [1.29, 1.82) is 0 Å². The van der Waals surface area contributed by atoms with Crippen LogP contribution in [0.25, 0.3) is 0 Å². The van der Waals surface area contributed by atoms with Crippen LogP contribution in [0.3, 0.4) is 0 Å². The molecule has 1 aliphatic heterocycles. The predicted molar refractivity (Wildman–Crippen MR) is 119 cm³/mol. The average molecular weight is 530 g/mol. The molecule has 164 valence electrons. The second kappa shape index (κ2) is 10.6. The molecule has 1 saturated heterocycles. The number of halogens is 1. The Morgan fingerprint density at radius 1 is 1.07 bits per heavy atom. The smallest absolute Gasteiger partial charge is 0.411 e. The molecule has 0 radical (unpaired) electrons. The van der Waals surface area contributed by atoms with Crippen LogP contribution in [0.4, 0.5) is 4.79 Å². The summed E-state index contributed by atoms with van der Waals surface area (Å²) in [6.45, 7) is 4.78. The fourth-order valence-corrected chi connectivity index (χ4v) is 3.09. The molecule has 1 heterocycles. The zero-order valence-corrected chi connectivity index (χ0v) is 19.4. The molecule has 0 saturated carbocycles. The number of hydrogen-bond donors (Lipinski definition) is 3. The number of hydrogen-bond acceptors (Lipinski definition) is 5. The number of amides is 4. The van der Waals surface area contributed by atoms with Gasteiger partial charge < -0.3 is 20.7 Å². The van der Waals surface area contributed by atoms with E-state index in [0.29, 0.717) is 6.42 Å². The van der Waals surface area contributed by atoms with Crippen LogP contribution in [0, 0.1) is 3.57 Å². The fraction of sp³-hybridized carbons (Fsp3) is 0.500. The molecule has 0 unspecified atom stereocenters. The van der Waals surface area contributed by atoms with E-state index in [1.54, 1.807) is 20.8 Å². The second-order valence-electron chi connectivity index (χ2n) is 7.93. The van der Waals surface area contributed by atoms with Crippen LogP contribution in [0.1, 0.15) is 26.3 Å². The summed E-state index contributed by atoms with van der Waals surface area (Å²) < 4.78 is 6.36. The summed E-state index contributed by atoms with van der Waals surface area (Å²) >= 11 is 2.19. The van der Waals surface area contributed by atoms with Gasteiger partial charge in [-0.3, -0.25) is 19.3 Å². The molecule has 1 atom stereocenters. The maximum absolute atomic E-state index is 12.6. The standard InChI is InChI=1S/C20H27IN4O5/c1-20(2,3)30-19(29)25-11-16(26)22-8-9-23-18(28)15(24-17(27)12-25)10-13-4-6-14(21)7-5-13/h4-7,15H,8-12H2,1-3H3,(H,22,26)(H,23,28)(H,24,27)/t15-/m0/s1. The first-order valence-corrected chi connectivity index (χ1v) is 10.7. The van der Waals surface area contributed by atoms with Crippen LogP contribution in [0.2, 0.25) is 0 Å². The Bertz CT molecular complexity index is 791. The zero-order chi connectivity index (χ0) is 22.3. The number of rotatable bonds is 2. The normalized spacial score (nSPS) is 19.0. The minimum atomic E-state index is -0.812. The number of nitrogens with one attached hydrogen (secondary N) is 3. The maximum atomic E-state index is 12.6. The quantitative estimate of drug-likeness (QED) is 0.490. The summed E-state index contributed by atoms with van der Waals surface area (Å²) in [6.07, 6.45) is -0.476. The van der Waals surface area contributed by atoms with E-state index in [4.69, 9.17) is 4.74 Å². The highest BCUT2D eigenvalue weighted by atomic mass is 127. The van der Waals surface area contributed by atoms with Crippen molar-refractivity contribution in [2.45, 2.75) is 38.8 Å². The highest BCUT2D eigenvalue weighted by molar-refractivity contribution is 14.1. The monoisotopic (exact) mass is 530 g/mol. The Morgan fingerprint density at radius 2 is 1.67 bits per heavy atom. The predicted octanol–water partition coefficient (Wildman–Crippen LogP) is 0.802. The third kappa shape index (κ3) is 8.17. The van der Waals surface area contributed by atoms with Crippen molar-refractivity contribution in [2.75, 3.05) is 26.2 Å². The third-order valence-corrected chi connectivity index (χ3v) is 4.79. The summed E-state index contributed by atoms with van der Waals surface area (Å²) in [5.74, 6) is -1.36. The molecule has 0 aromatic heterocycles. The summed E-state index contributed by atoms with van der Waals surface area (Å²) in [7, 11) is 0. The van der Waals surface area contributed by atoms with Crippen LogP contribution in [0.15, 0.2) is 24.3 Å². The van der Waals surface area contributed by atoms with Crippen molar-refractivity contribution < 1.29 is 23.9 Å². The van der Waals surface area contributed by atoms with Gasteiger partial charge in [-0.15, -0.1) is 0 Å². The van der Waals surface area contributed by atoms with Gasteiger partial charge in [0.1, 0.15) is 24.7 Å². The topological polar surface area (TPSA) is 117 Å². The van der Waals surface area contributed by atoms with E-state index in [2.05, 4.69) is 38.5 Å². The number of benzene rings is 1. The first-order valence-electron chi connectivity index (χ1n) is 9.59. The van der Waals surface area contributed by atoms with Gasteiger partial charge in [0, 0.05) is 23.1 Å². The van der Waals surface area contributed by atoms with E-state index in [1.807, 2.05) is 24.3 Å². The van der Waals surface area contributed by atoms with Gasteiger partial charge in [0.15, 0.2) is 0 Å². The molecule has 0 spiro atoms. The molecule has 1 aromatic rings. The summed E-state index contributed by atoms with van der Waals surface area (Å²) in [4.78, 5) is 50.8. The molecule has 4 amide bonds. The molecule has 2 rings (SSSR count). The molecule has 10 heteroatoms. The Morgan fingerprint density at radius 3 is 2.30 bits per heavy atom.